The van der Waals surface area contributed by atoms with Crippen LogP contribution in [0.1, 0.15) is 38.8 Å². The van der Waals surface area contributed by atoms with Crippen LogP contribution >= 0.6 is 0 Å². The van der Waals surface area contributed by atoms with Gasteiger partial charge in [0.2, 0.25) is 0 Å². The Hall–Kier alpha value is -3.07. The molecule has 1 aliphatic carbocycles. The van der Waals surface area contributed by atoms with E-state index in [1.165, 1.54) is 33.7 Å². The molecule has 1 aliphatic rings. The molecular weight excluding hydrogens is 378 g/mol. The summed E-state index contributed by atoms with van der Waals surface area (Å²) >= 11 is 0. The van der Waals surface area contributed by atoms with Crippen molar-refractivity contribution in [1.29, 1.82) is 0 Å². The van der Waals surface area contributed by atoms with Crippen LogP contribution in [0.4, 0.5) is 11.4 Å². The van der Waals surface area contributed by atoms with Crippen molar-refractivity contribution in [3.05, 3.63) is 89.5 Å². The van der Waals surface area contributed by atoms with E-state index in [1.54, 1.807) is 0 Å². The molecule has 3 rings (SSSR count). The summed E-state index contributed by atoms with van der Waals surface area (Å²) in [7, 11) is 10.2. The number of allylic oxidation sites excluding steroid dienone is 5. The van der Waals surface area contributed by atoms with Gasteiger partial charge < -0.3 is 10.2 Å². The molecule has 0 amide bonds. The fourth-order valence-electron chi connectivity index (χ4n) is 3.16. The van der Waals surface area contributed by atoms with Crippen LogP contribution in [0.5, 0.6) is 0 Å². The van der Waals surface area contributed by atoms with Crippen LogP contribution in [-0.2, 0) is 0 Å². The monoisotopic (exact) mass is 418 g/mol. The van der Waals surface area contributed by atoms with E-state index in [4.69, 9.17) is 0 Å². The van der Waals surface area contributed by atoms with E-state index in [9.17, 15) is 0 Å². The zero-order valence-corrected chi connectivity index (χ0v) is 20.8. The second kappa shape index (κ2) is 13.3. The molecule has 2 aromatic carbocycles. The Morgan fingerprint density at radius 1 is 0.710 bits per heavy atom. The van der Waals surface area contributed by atoms with Crippen molar-refractivity contribution in [2.45, 2.75) is 27.7 Å². The summed E-state index contributed by atoms with van der Waals surface area (Å²) in [6.07, 6.45) is 8.75. The summed E-state index contributed by atoms with van der Waals surface area (Å²) in [6, 6.07) is 17.4. The van der Waals surface area contributed by atoms with Crippen LogP contribution < -0.4 is 10.2 Å². The van der Waals surface area contributed by atoms with Gasteiger partial charge in [0.1, 0.15) is 14.1 Å². The maximum Gasteiger partial charge on any atom is 0.199 e. The van der Waals surface area contributed by atoms with Gasteiger partial charge in [-0.25, -0.2) is 4.58 Å². The van der Waals surface area contributed by atoms with Crippen molar-refractivity contribution in [3.8, 4) is 0 Å². The predicted molar refractivity (Wildman–Crippen MR) is 141 cm³/mol. The lowest BCUT2D eigenvalue weighted by Gasteiger charge is -2.17. The molecular formula is C28H40N3+. The van der Waals surface area contributed by atoms with E-state index < -0.39 is 0 Å². The lowest BCUT2D eigenvalue weighted by atomic mass is 9.90. The van der Waals surface area contributed by atoms with Crippen molar-refractivity contribution < 1.29 is 4.58 Å². The first kappa shape index (κ1) is 26.0. The van der Waals surface area contributed by atoms with E-state index in [-0.39, 0.29) is 0 Å². The third kappa shape index (κ3) is 6.99. The molecule has 0 saturated carbocycles. The smallest absolute Gasteiger partial charge is 0.199 e. The van der Waals surface area contributed by atoms with E-state index in [0.717, 1.165) is 5.69 Å². The summed E-state index contributed by atoms with van der Waals surface area (Å²) in [4.78, 5) is 2.12. The van der Waals surface area contributed by atoms with E-state index in [0.29, 0.717) is 0 Å². The highest BCUT2D eigenvalue weighted by molar-refractivity contribution is 6.04. The highest BCUT2D eigenvalue weighted by Crippen LogP contribution is 2.31. The Balaban J connectivity index is 0.00000113. The molecule has 0 aromatic heterocycles. The molecule has 0 bridgehead atoms. The van der Waals surface area contributed by atoms with Gasteiger partial charge in [0.25, 0.3) is 0 Å². The van der Waals surface area contributed by atoms with Crippen molar-refractivity contribution in [2.75, 3.05) is 45.5 Å². The van der Waals surface area contributed by atoms with Gasteiger partial charge in [0, 0.05) is 44.7 Å². The van der Waals surface area contributed by atoms with E-state index >= 15 is 0 Å². The zero-order valence-electron chi connectivity index (χ0n) is 20.8. The number of nitrogens with zero attached hydrogens (tertiary/aromatic N) is 2. The van der Waals surface area contributed by atoms with Gasteiger partial charge in [-0.05, 0) is 58.7 Å². The van der Waals surface area contributed by atoms with Gasteiger partial charge >= 0.3 is 0 Å². The molecule has 3 heteroatoms. The Morgan fingerprint density at radius 3 is 1.55 bits per heavy atom. The average molecular weight is 419 g/mol. The van der Waals surface area contributed by atoms with Crippen molar-refractivity contribution >= 4 is 22.7 Å². The summed E-state index contributed by atoms with van der Waals surface area (Å²) in [5.41, 5.74) is 8.41. The fourth-order valence-corrected chi connectivity index (χ4v) is 3.16. The molecule has 0 unspecified atom stereocenters. The number of rotatable bonds is 4. The molecule has 166 valence electrons. The molecule has 0 saturated heterocycles. The molecule has 0 atom stereocenters. The standard InChI is InChI=1S/C24H27N3.2C2H6/c1-25-21-12-6-18(7-13-21)24(19-8-14-22(15-9-19)26(2)3)20-10-16-23(17-11-20)27(4)5;2*1-2/h6-17H,1-5H3;2*1-2H3/p+1. The maximum absolute atomic E-state index is 3.19. The first-order chi connectivity index (χ1) is 15.0. The van der Waals surface area contributed by atoms with Gasteiger partial charge in [-0.15, -0.1) is 0 Å². The lowest BCUT2D eigenvalue weighted by molar-refractivity contribution is -0.462. The SMILES string of the molecule is CC.CC.CNc1ccc(C(=C2C=CC(=[N+](C)C)C=C2)c2ccc(N(C)C)cc2)cc1. The third-order valence-corrected chi connectivity index (χ3v) is 4.81. The topological polar surface area (TPSA) is 18.3 Å². The lowest BCUT2D eigenvalue weighted by Crippen LogP contribution is -2.10. The van der Waals surface area contributed by atoms with Crippen LogP contribution in [0.2, 0.25) is 0 Å². The molecule has 0 heterocycles. The summed E-state index contributed by atoms with van der Waals surface area (Å²) in [5.74, 6) is 0. The zero-order chi connectivity index (χ0) is 23.4. The van der Waals surface area contributed by atoms with Gasteiger partial charge in [-0.1, -0.05) is 52.0 Å². The number of nitrogens with one attached hydrogen (secondary N) is 1. The average Bonchev–Trinajstić information content (AvgIpc) is 2.83. The Kier molecular flexibility index (Phi) is 11.1. The first-order valence-electron chi connectivity index (χ1n) is 11.2. The van der Waals surface area contributed by atoms with Crippen LogP contribution in [0.3, 0.4) is 0 Å². The summed E-state index contributed by atoms with van der Waals surface area (Å²) in [6.45, 7) is 8.00. The van der Waals surface area contributed by atoms with Gasteiger partial charge in [0.15, 0.2) is 5.71 Å². The minimum Gasteiger partial charge on any atom is -0.388 e. The Morgan fingerprint density at radius 2 is 1.16 bits per heavy atom. The maximum atomic E-state index is 3.19. The molecule has 0 spiro atoms. The molecule has 31 heavy (non-hydrogen) atoms. The van der Waals surface area contributed by atoms with Crippen LogP contribution in [0.15, 0.2) is 78.4 Å². The van der Waals surface area contributed by atoms with Crippen LogP contribution in [-0.4, -0.2) is 45.5 Å². The number of hydrogen-bond donors (Lipinski definition) is 1. The van der Waals surface area contributed by atoms with Crippen molar-refractivity contribution in [1.82, 2.24) is 0 Å². The van der Waals surface area contributed by atoms with Gasteiger partial charge in [-0.3, -0.25) is 0 Å². The quantitative estimate of drug-likeness (QED) is 0.572. The minimum absolute atomic E-state index is 1.11. The Labute approximate surface area is 190 Å². The second-order valence-corrected chi connectivity index (χ2v) is 7.08. The minimum atomic E-state index is 1.11. The molecule has 0 radical (unpaired) electrons. The molecule has 0 fully saturated rings. The third-order valence-electron chi connectivity index (χ3n) is 4.81. The Bertz CT molecular complexity index is 903. The van der Waals surface area contributed by atoms with E-state index in [2.05, 4.69) is 116 Å². The van der Waals surface area contributed by atoms with Crippen molar-refractivity contribution in [3.63, 3.8) is 0 Å². The molecule has 2 aromatic rings. The van der Waals surface area contributed by atoms with Gasteiger partial charge in [-0.2, -0.15) is 0 Å². The van der Waals surface area contributed by atoms with Gasteiger partial charge in [0.05, 0.1) is 0 Å². The number of hydrogen-bond acceptors (Lipinski definition) is 2. The highest BCUT2D eigenvalue weighted by atomic mass is 15.1. The van der Waals surface area contributed by atoms with Crippen molar-refractivity contribution in [2.24, 2.45) is 0 Å². The summed E-state index contributed by atoms with van der Waals surface area (Å²) < 4.78 is 2.12. The van der Waals surface area contributed by atoms with E-state index in [1.807, 2.05) is 34.7 Å². The second-order valence-electron chi connectivity index (χ2n) is 7.08. The number of benzene rings is 2. The molecule has 3 nitrogen and oxygen atoms in total. The summed E-state index contributed by atoms with van der Waals surface area (Å²) in [5, 5.41) is 3.19. The van der Waals surface area contributed by atoms with Crippen LogP contribution in [0, 0.1) is 0 Å². The highest BCUT2D eigenvalue weighted by Gasteiger charge is 2.13. The first-order valence-corrected chi connectivity index (χ1v) is 11.2. The number of anilines is 2. The largest absolute Gasteiger partial charge is 0.388 e. The normalized spacial score (nSPS) is 11.6. The van der Waals surface area contributed by atoms with Crippen LogP contribution in [0.25, 0.3) is 5.57 Å². The fraction of sp³-hybridized carbons (Fsp3) is 0.321. The predicted octanol–water partition coefficient (Wildman–Crippen LogP) is 6.49. The molecule has 0 aliphatic heterocycles. The molecule has 1 N–H and O–H groups in total.